The highest BCUT2D eigenvalue weighted by Gasteiger charge is 2.21. The molecule has 1 fully saturated rings. The van der Waals surface area contributed by atoms with E-state index in [1.54, 1.807) is 0 Å². The first kappa shape index (κ1) is 11.0. The third-order valence-electron chi connectivity index (χ3n) is 2.87. The molecule has 0 aromatic heterocycles. The number of hydrogen-bond acceptors (Lipinski definition) is 2. The molecule has 0 spiro atoms. The number of benzene rings is 1. The van der Waals surface area contributed by atoms with Crippen molar-refractivity contribution in [1.82, 2.24) is 5.32 Å². The quantitative estimate of drug-likeness (QED) is 0.907. The molecule has 0 amide bonds. The Bertz CT molecular complexity index is 310. The highest BCUT2D eigenvalue weighted by Crippen LogP contribution is 2.22. The molecule has 82 valence electrons. The van der Waals surface area contributed by atoms with Crippen molar-refractivity contribution >= 4 is 21.6 Å². The van der Waals surface area contributed by atoms with E-state index in [4.69, 9.17) is 0 Å². The zero-order valence-electron chi connectivity index (χ0n) is 9.04. The maximum absolute atomic E-state index is 3.50. The fourth-order valence-corrected chi connectivity index (χ4v) is 2.37. The van der Waals surface area contributed by atoms with Crippen molar-refractivity contribution in [2.24, 2.45) is 0 Å². The van der Waals surface area contributed by atoms with Crippen LogP contribution >= 0.6 is 15.9 Å². The smallest absolute Gasteiger partial charge is 0.0367 e. The van der Waals surface area contributed by atoms with Gasteiger partial charge in [-0.05, 0) is 37.2 Å². The molecule has 0 bridgehead atoms. The Morgan fingerprint density at radius 2 is 2.13 bits per heavy atom. The molecule has 1 aliphatic heterocycles. The number of anilines is 1. The molecule has 1 heterocycles. The van der Waals surface area contributed by atoms with Crippen LogP contribution in [0.4, 0.5) is 5.69 Å². The average Bonchev–Trinajstić information content (AvgIpc) is 2.68. The molecule has 2 rings (SSSR count). The van der Waals surface area contributed by atoms with Gasteiger partial charge in [-0.25, -0.2) is 0 Å². The van der Waals surface area contributed by atoms with E-state index in [1.807, 2.05) is 0 Å². The summed E-state index contributed by atoms with van der Waals surface area (Å²) >= 11 is 3.46. The predicted molar refractivity (Wildman–Crippen MR) is 68.4 cm³/mol. The number of likely N-dealkylation sites (N-methyl/N-ethyl adjacent to an activating group) is 1. The Kier molecular flexibility index (Phi) is 3.65. The summed E-state index contributed by atoms with van der Waals surface area (Å²) in [5.41, 5.74) is 1.33. The molecule has 1 unspecified atom stereocenters. The fraction of sp³-hybridized carbons (Fsp3) is 0.500. The maximum atomic E-state index is 3.50. The van der Waals surface area contributed by atoms with Crippen LogP contribution in [0.5, 0.6) is 0 Å². The van der Waals surface area contributed by atoms with Crippen LogP contribution in [0.2, 0.25) is 0 Å². The molecule has 2 nitrogen and oxygen atoms in total. The van der Waals surface area contributed by atoms with Crippen LogP contribution in [0.3, 0.4) is 0 Å². The summed E-state index contributed by atoms with van der Waals surface area (Å²) in [5, 5.41) is 3.50. The van der Waals surface area contributed by atoms with Gasteiger partial charge in [0.25, 0.3) is 0 Å². The van der Waals surface area contributed by atoms with Crippen LogP contribution in [-0.2, 0) is 0 Å². The topological polar surface area (TPSA) is 15.3 Å². The lowest BCUT2D eigenvalue weighted by Crippen LogP contribution is -2.32. The second kappa shape index (κ2) is 4.99. The molecule has 1 aliphatic rings. The van der Waals surface area contributed by atoms with Gasteiger partial charge in [0.1, 0.15) is 0 Å². The van der Waals surface area contributed by atoms with Crippen molar-refractivity contribution in [1.29, 1.82) is 0 Å². The minimum Gasteiger partial charge on any atom is -0.370 e. The minimum atomic E-state index is 0.665. The average molecular weight is 269 g/mol. The van der Waals surface area contributed by atoms with Crippen molar-refractivity contribution in [3.63, 3.8) is 0 Å². The zero-order valence-corrected chi connectivity index (χ0v) is 10.6. The maximum Gasteiger partial charge on any atom is 0.0367 e. The second-order valence-corrected chi connectivity index (χ2v) is 4.88. The van der Waals surface area contributed by atoms with E-state index in [-0.39, 0.29) is 0 Å². The van der Waals surface area contributed by atoms with Gasteiger partial charge in [-0.2, -0.15) is 0 Å². The van der Waals surface area contributed by atoms with Gasteiger partial charge in [-0.3, -0.25) is 0 Å². The van der Waals surface area contributed by atoms with Crippen molar-refractivity contribution in [3.05, 3.63) is 28.7 Å². The summed E-state index contributed by atoms with van der Waals surface area (Å²) in [4.78, 5) is 2.44. The number of rotatable bonds is 3. The lowest BCUT2D eigenvalue weighted by Gasteiger charge is -2.18. The van der Waals surface area contributed by atoms with E-state index in [0.717, 1.165) is 17.6 Å². The van der Waals surface area contributed by atoms with Crippen molar-refractivity contribution < 1.29 is 0 Å². The molecule has 3 heteroatoms. The largest absolute Gasteiger partial charge is 0.370 e. The number of hydrogen-bond donors (Lipinski definition) is 1. The van der Waals surface area contributed by atoms with Crippen LogP contribution in [0.25, 0.3) is 0 Å². The van der Waals surface area contributed by atoms with Crippen LogP contribution < -0.4 is 10.2 Å². The summed E-state index contributed by atoms with van der Waals surface area (Å²) in [6.45, 7) is 5.54. The Hall–Kier alpha value is -0.540. The lowest BCUT2D eigenvalue weighted by molar-refractivity contribution is 0.572. The van der Waals surface area contributed by atoms with E-state index in [9.17, 15) is 0 Å². The molecule has 0 radical (unpaired) electrons. The van der Waals surface area contributed by atoms with Crippen LogP contribution in [-0.4, -0.2) is 25.7 Å². The molecule has 0 aliphatic carbocycles. The van der Waals surface area contributed by atoms with Gasteiger partial charge in [0, 0.05) is 29.3 Å². The van der Waals surface area contributed by atoms with Crippen LogP contribution in [0, 0.1) is 0 Å². The first-order chi connectivity index (χ1) is 7.29. The van der Waals surface area contributed by atoms with E-state index < -0.39 is 0 Å². The molecule has 15 heavy (non-hydrogen) atoms. The lowest BCUT2D eigenvalue weighted by atomic mass is 10.2. The minimum absolute atomic E-state index is 0.665. The molecule has 0 saturated carbocycles. The molecule has 1 aromatic carbocycles. The molecule has 1 atom stereocenters. The molecule has 1 saturated heterocycles. The summed E-state index contributed by atoms with van der Waals surface area (Å²) in [5.74, 6) is 0. The molecule has 1 N–H and O–H groups in total. The Morgan fingerprint density at radius 1 is 1.40 bits per heavy atom. The normalized spacial score (nSPS) is 20.9. The number of halogens is 1. The summed E-state index contributed by atoms with van der Waals surface area (Å²) in [6, 6.07) is 9.24. The molecular weight excluding hydrogens is 252 g/mol. The van der Waals surface area contributed by atoms with Gasteiger partial charge in [0.2, 0.25) is 0 Å². The second-order valence-electron chi connectivity index (χ2n) is 3.97. The summed E-state index contributed by atoms with van der Waals surface area (Å²) in [6.07, 6.45) is 1.25. The Labute approximate surface area is 99.8 Å². The summed E-state index contributed by atoms with van der Waals surface area (Å²) in [7, 11) is 0. The van der Waals surface area contributed by atoms with E-state index in [2.05, 4.69) is 57.3 Å². The standard InChI is InChI=1S/C12H17BrN2/c1-2-14-11-7-8-15(9-11)12-5-3-10(13)4-6-12/h3-6,11,14H,2,7-9H2,1H3. The first-order valence-corrected chi connectivity index (χ1v) is 6.33. The van der Waals surface area contributed by atoms with E-state index in [1.165, 1.54) is 18.7 Å². The molecule has 1 aromatic rings. The monoisotopic (exact) mass is 268 g/mol. The van der Waals surface area contributed by atoms with Gasteiger partial charge in [0.05, 0.1) is 0 Å². The number of nitrogens with one attached hydrogen (secondary N) is 1. The first-order valence-electron chi connectivity index (χ1n) is 5.53. The van der Waals surface area contributed by atoms with Crippen molar-refractivity contribution in [3.8, 4) is 0 Å². The zero-order chi connectivity index (χ0) is 10.7. The van der Waals surface area contributed by atoms with Gasteiger partial charge in [-0.1, -0.05) is 22.9 Å². The third-order valence-corrected chi connectivity index (χ3v) is 3.40. The molecular formula is C12H17BrN2. The van der Waals surface area contributed by atoms with Crippen molar-refractivity contribution in [2.75, 3.05) is 24.5 Å². The van der Waals surface area contributed by atoms with Crippen LogP contribution in [0.1, 0.15) is 13.3 Å². The summed E-state index contributed by atoms with van der Waals surface area (Å²) < 4.78 is 1.15. The highest BCUT2D eigenvalue weighted by molar-refractivity contribution is 9.10. The van der Waals surface area contributed by atoms with Gasteiger partial charge in [-0.15, -0.1) is 0 Å². The van der Waals surface area contributed by atoms with Gasteiger partial charge in [0.15, 0.2) is 0 Å². The van der Waals surface area contributed by atoms with E-state index >= 15 is 0 Å². The van der Waals surface area contributed by atoms with E-state index in [0.29, 0.717) is 6.04 Å². The highest BCUT2D eigenvalue weighted by atomic mass is 79.9. The van der Waals surface area contributed by atoms with Gasteiger partial charge < -0.3 is 10.2 Å². The Balaban J connectivity index is 1.98. The van der Waals surface area contributed by atoms with Crippen molar-refractivity contribution in [2.45, 2.75) is 19.4 Å². The van der Waals surface area contributed by atoms with Gasteiger partial charge >= 0.3 is 0 Å². The fourth-order valence-electron chi connectivity index (χ4n) is 2.10. The predicted octanol–water partition coefficient (Wildman–Crippen LogP) is 2.64. The van der Waals surface area contributed by atoms with Crippen LogP contribution in [0.15, 0.2) is 28.7 Å². The SMILES string of the molecule is CCNC1CCN(c2ccc(Br)cc2)C1. The Morgan fingerprint density at radius 3 is 2.80 bits per heavy atom. The number of nitrogens with zero attached hydrogens (tertiary/aromatic N) is 1. The third kappa shape index (κ3) is 2.73.